The molecule has 0 spiro atoms. The number of nitro benzene ring substituents is 1. The molecule has 0 heterocycles. The molecule has 0 bridgehead atoms. The summed E-state index contributed by atoms with van der Waals surface area (Å²) < 4.78 is 5.06. The first-order valence-corrected chi connectivity index (χ1v) is 7.46. The fourth-order valence-electron chi connectivity index (χ4n) is 2.21. The minimum absolute atomic E-state index is 0.0780. The Morgan fingerprint density at radius 2 is 1.92 bits per heavy atom. The third-order valence-electron chi connectivity index (χ3n) is 3.24. The van der Waals surface area contributed by atoms with Gasteiger partial charge in [0.25, 0.3) is 5.69 Å². The summed E-state index contributed by atoms with van der Waals surface area (Å²) in [5, 5.41) is 22.7. The highest BCUT2D eigenvalue weighted by Gasteiger charge is 2.30. The largest absolute Gasteiger partial charge is 0.480 e. The Labute approximate surface area is 140 Å². The monoisotopic (exact) mass is 338 g/mol. The van der Waals surface area contributed by atoms with E-state index in [0.717, 1.165) is 0 Å². The third kappa shape index (κ3) is 5.86. The number of benzene rings is 1. The minimum Gasteiger partial charge on any atom is -0.480 e. The minimum atomic E-state index is -1.23. The van der Waals surface area contributed by atoms with E-state index in [2.05, 4.69) is 5.32 Å². The lowest BCUT2D eigenvalue weighted by molar-refractivity contribution is -0.385. The van der Waals surface area contributed by atoms with Crippen LogP contribution in [0, 0.1) is 16.0 Å². The number of hydrogen-bond donors (Lipinski definition) is 2. The molecule has 1 aromatic carbocycles. The van der Waals surface area contributed by atoms with Crippen molar-refractivity contribution in [2.75, 3.05) is 0 Å². The van der Waals surface area contributed by atoms with E-state index in [4.69, 9.17) is 4.74 Å². The summed E-state index contributed by atoms with van der Waals surface area (Å²) in [6, 6.07) is 4.89. The fourth-order valence-corrected chi connectivity index (χ4v) is 2.21. The maximum absolute atomic E-state index is 11.8. The summed E-state index contributed by atoms with van der Waals surface area (Å²) in [6.45, 7) is 6.60. The second-order valence-electron chi connectivity index (χ2n) is 6.53. The Kier molecular flexibility index (Phi) is 6.27. The van der Waals surface area contributed by atoms with Crippen LogP contribution in [0.3, 0.4) is 0 Å². The Balaban J connectivity index is 2.88. The van der Waals surface area contributed by atoms with Crippen LogP contribution in [-0.2, 0) is 16.0 Å². The number of nitrogens with zero attached hydrogens (tertiary/aromatic N) is 1. The summed E-state index contributed by atoms with van der Waals surface area (Å²) in [7, 11) is 0. The first-order valence-electron chi connectivity index (χ1n) is 7.46. The van der Waals surface area contributed by atoms with E-state index in [1.165, 1.54) is 6.07 Å². The van der Waals surface area contributed by atoms with Crippen LogP contribution in [-0.4, -0.2) is 33.7 Å². The maximum Gasteiger partial charge on any atom is 0.408 e. The number of nitrogens with one attached hydrogen (secondary N) is 1. The highest BCUT2D eigenvalue weighted by Crippen LogP contribution is 2.22. The van der Waals surface area contributed by atoms with Gasteiger partial charge in [-0.05, 0) is 33.1 Å². The van der Waals surface area contributed by atoms with Gasteiger partial charge in [0, 0.05) is 11.6 Å². The van der Waals surface area contributed by atoms with E-state index < -0.39 is 34.5 Å². The average molecular weight is 338 g/mol. The quantitative estimate of drug-likeness (QED) is 0.608. The highest BCUT2D eigenvalue weighted by atomic mass is 16.6. The molecule has 0 aliphatic carbocycles. The lowest BCUT2D eigenvalue weighted by Gasteiger charge is -2.25. The lowest BCUT2D eigenvalue weighted by atomic mass is 9.93. The second-order valence-corrected chi connectivity index (χ2v) is 6.53. The molecule has 0 aromatic heterocycles. The molecule has 0 radical (unpaired) electrons. The van der Waals surface area contributed by atoms with Gasteiger partial charge in [-0.15, -0.1) is 0 Å². The summed E-state index contributed by atoms with van der Waals surface area (Å²) in [6.07, 6.45) is -0.714. The normalized spacial score (nSPS) is 13.7. The number of nitro groups is 1. The van der Waals surface area contributed by atoms with Gasteiger partial charge in [0.15, 0.2) is 0 Å². The first-order chi connectivity index (χ1) is 11.0. The Morgan fingerprint density at radius 3 is 2.42 bits per heavy atom. The van der Waals surface area contributed by atoms with Crippen molar-refractivity contribution in [3.8, 4) is 0 Å². The van der Waals surface area contributed by atoms with Gasteiger partial charge in [0.05, 0.1) is 4.92 Å². The van der Waals surface area contributed by atoms with E-state index in [1.807, 2.05) is 0 Å². The van der Waals surface area contributed by atoms with Crippen LogP contribution in [0.15, 0.2) is 24.3 Å². The van der Waals surface area contributed by atoms with Gasteiger partial charge in [-0.3, -0.25) is 10.1 Å². The number of carbonyl (C=O) groups is 2. The average Bonchev–Trinajstić information content (AvgIpc) is 2.42. The van der Waals surface area contributed by atoms with Crippen molar-refractivity contribution in [1.82, 2.24) is 5.32 Å². The van der Waals surface area contributed by atoms with Crippen molar-refractivity contribution in [2.45, 2.75) is 45.8 Å². The van der Waals surface area contributed by atoms with Crippen LogP contribution in [0.1, 0.15) is 33.3 Å². The van der Waals surface area contributed by atoms with Gasteiger partial charge in [-0.2, -0.15) is 0 Å². The van der Waals surface area contributed by atoms with Crippen LogP contribution >= 0.6 is 0 Å². The van der Waals surface area contributed by atoms with Crippen molar-refractivity contribution in [1.29, 1.82) is 0 Å². The highest BCUT2D eigenvalue weighted by molar-refractivity contribution is 5.80. The van der Waals surface area contributed by atoms with Crippen LogP contribution in [0.2, 0.25) is 0 Å². The molecule has 2 N–H and O–H groups in total. The Morgan fingerprint density at radius 1 is 1.33 bits per heavy atom. The molecule has 1 unspecified atom stereocenters. The van der Waals surface area contributed by atoms with Gasteiger partial charge in [0.1, 0.15) is 11.6 Å². The molecule has 132 valence electrons. The van der Waals surface area contributed by atoms with Crippen molar-refractivity contribution in [3.05, 3.63) is 39.9 Å². The third-order valence-corrected chi connectivity index (χ3v) is 3.24. The number of carboxylic acid groups (broad SMARTS) is 1. The molecule has 1 amide bonds. The molecule has 0 aliphatic heterocycles. The molecule has 24 heavy (non-hydrogen) atoms. The Hall–Kier alpha value is -2.64. The number of amides is 1. The van der Waals surface area contributed by atoms with Crippen molar-refractivity contribution in [3.63, 3.8) is 0 Å². The standard InChI is InChI=1S/C16H22N2O6/c1-10(9-11-7-5-6-8-12(11)18(22)23)13(14(19)20)17-15(21)24-16(2,3)4/h5-8,10,13H,9H2,1-4H3,(H,17,21)(H,19,20)/t10?,13-/m0/s1. The van der Waals surface area contributed by atoms with E-state index in [1.54, 1.807) is 45.9 Å². The molecule has 0 fully saturated rings. The molecular weight excluding hydrogens is 316 g/mol. The van der Waals surface area contributed by atoms with Crippen LogP contribution in [0.25, 0.3) is 0 Å². The molecule has 8 nitrogen and oxygen atoms in total. The molecule has 1 rings (SSSR count). The molecule has 1 aromatic rings. The van der Waals surface area contributed by atoms with Gasteiger partial charge in [0.2, 0.25) is 0 Å². The summed E-state index contributed by atoms with van der Waals surface area (Å²) in [5.41, 5.74) is -0.424. The summed E-state index contributed by atoms with van der Waals surface area (Å²) in [4.78, 5) is 33.8. The SMILES string of the molecule is CC(Cc1ccccc1[N+](=O)[O-])[C@H](NC(=O)OC(C)(C)C)C(=O)O. The van der Waals surface area contributed by atoms with E-state index in [-0.39, 0.29) is 12.1 Å². The van der Waals surface area contributed by atoms with Gasteiger partial charge in [-0.1, -0.05) is 25.1 Å². The van der Waals surface area contributed by atoms with Crippen molar-refractivity contribution < 1.29 is 24.4 Å². The van der Waals surface area contributed by atoms with Crippen LogP contribution in [0.5, 0.6) is 0 Å². The number of carbonyl (C=O) groups excluding carboxylic acids is 1. The van der Waals surface area contributed by atoms with Gasteiger partial charge < -0.3 is 15.2 Å². The number of hydrogen-bond acceptors (Lipinski definition) is 5. The number of carboxylic acids is 1. The molecular formula is C16H22N2O6. The van der Waals surface area contributed by atoms with E-state index in [9.17, 15) is 24.8 Å². The summed E-state index contributed by atoms with van der Waals surface area (Å²) in [5.74, 6) is -1.80. The number of ether oxygens (including phenoxy) is 1. The number of rotatable bonds is 6. The topological polar surface area (TPSA) is 119 Å². The molecule has 8 heteroatoms. The zero-order valence-corrected chi connectivity index (χ0v) is 14.1. The first kappa shape index (κ1) is 19.4. The maximum atomic E-state index is 11.8. The molecule has 2 atom stereocenters. The number of aliphatic carboxylic acids is 1. The predicted molar refractivity (Wildman–Crippen MR) is 86.8 cm³/mol. The summed E-state index contributed by atoms with van der Waals surface area (Å²) >= 11 is 0. The number of alkyl carbamates (subject to hydrolysis) is 1. The van der Waals surface area contributed by atoms with Crippen molar-refractivity contribution >= 4 is 17.7 Å². The van der Waals surface area contributed by atoms with Gasteiger partial charge >= 0.3 is 12.1 Å². The van der Waals surface area contributed by atoms with Gasteiger partial charge in [-0.25, -0.2) is 9.59 Å². The second kappa shape index (κ2) is 7.76. The Bertz CT molecular complexity index is 623. The smallest absolute Gasteiger partial charge is 0.408 e. The van der Waals surface area contributed by atoms with E-state index >= 15 is 0 Å². The fraction of sp³-hybridized carbons (Fsp3) is 0.500. The predicted octanol–water partition coefficient (Wildman–Crippen LogP) is 2.75. The zero-order chi connectivity index (χ0) is 18.5. The van der Waals surface area contributed by atoms with Crippen LogP contribution in [0.4, 0.5) is 10.5 Å². The molecule has 0 aliphatic rings. The zero-order valence-electron chi connectivity index (χ0n) is 14.1. The number of para-hydroxylation sites is 1. The van der Waals surface area contributed by atoms with Crippen LogP contribution < -0.4 is 5.32 Å². The van der Waals surface area contributed by atoms with E-state index in [0.29, 0.717) is 5.56 Å². The van der Waals surface area contributed by atoms with Crippen molar-refractivity contribution in [2.24, 2.45) is 5.92 Å². The molecule has 0 saturated heterocycles. The lowest BCUT2D eigenvalue weighted by Crippen LogP contribution is -2.47. The molecule has 0 saturated carbocycles.